The summed E-state index contributed by atoms with van der Waals surface area (Å²) in [5, 5.41) is 19.0. The molecule has 216 valence electrons. The van der Waals surface area contributed by atoms with Crippen LogP contribution in [-0.2, 0) is 11.2 Å². The van der Waals surface area contributed by atoms with Gasteiger partial charge < -0.3 is 9.32 Å². The summed E-state index contributed by atoms with van der Waals surface area (Å²) in [6.45, 7) is 6.73. The number of rotatable bonds is 10. The van der Waals surface area contributed by atoms with Crippen molar-refractivity contribution in [3.05, 3.63) is 89.3 Å². The van der Waals surface area contributed by atoms with E-state index in [-0.39, 0.29) is 12.0 Å². The van der Waals surface area contributed by atoms with Crippen LogP contribution >= 0.6 is 11.8 Å². The third-order valence-corrected chi connectivity index (χ3v) is 8.82. The highest BCUT2D eigenvalue weighted by Crippen LogP contribution is 2.37. The fraction of sp³-hybridized carbons (Fsp3) is 0.306. The Kier molecular flexibility index (Phi) is 9.80. The summed E-state index contributed by atoms with van der Waals surface area (Å²) in [6, 6.07) is 24.3. The van der Waals surface area contributed by atoms with Crippen molar-refractivity contribution in [2.45, 2.75) is 63.3 Å². The topological polar surface area (TPSA) is 83.0 Å². The summed E-state index contributed by atoms with van der Waals surface area (Å²) in [7, 11) is 0. The minimum atomic E-state index is -0.0501. The average molecular weight is 587 g/mol. The Bertz CT molecular complexity index is 1740. The van der Waals surface area contributed by atoms with Crippen LogP contribution in [0.4, 0.5) is 0 Å². The molecule has 0 N–H and O–H groups in total. The molecule has 1 aliphatic heterocycles. The fourth-order valence-corrected chi connectivity index (χ4v) is 6.40. The summed E-state index contributed by atoms with van der Waals surface area (Å²) in [5.41, 5.74) is 5.20. The van der Waals surface area contributed by atoms with Gasteiger partial charge in [-0.2, -0.15) is 5.26 Å². The number of hydrogen-bond donors (Lipinski definition) is 0. The average Bonchev–Trinajstić information content (AvgIpc) is 3.72. The molecule has 7 heteroatoms. The smallest absolute Gasteiger partial charge is 0.247 e. The Morgan fingerprint density at radius 2 is 1.93 bits per heavy atom. The van der Waals surface area contributed by atoms with Gasteiger partial charge in [-0.25, -0.2) is 4.79 Å². The molecule has 0 amide bonds. The number of carbonyl (C=O) groups excluding carboxylic acids is 1. The number of nitriles is 1. The van der Waals surface area contributed by atoms with Crippen molar-refractivity contribution in [3.8, 4) is 40.5 Å². The molecule has 0 spiro atoms. The number of nitrogens with zero attached hydrogens (tertiary/aromatic N) is 4. The number of benzene rings is 3. The molecular formula is C36H34N4O2S. The lowest BCUT2D eigenvalue weighted by Crippen LogP contribution is -2.27. The third kappa shape index (κ3) is 6.76. The van der Waals surface area contributed by atoms with Crippen molar-refractivity contribution in [1.29, 1.82) is 5.26 Å². The highest BCUT2D eigenvalue weighted by molar-refractivity contribution is 7.99. The molecule has 2 atom stereocenters. The van der Waals surface area contributed by atoms with E-state index in [1.165, 1.54) is 5.56 Å². The first-order valence-corrected chi connectivity index (χ1v) is 15.7. The van der Waals surface area contributed by atoms with Crippen LogP contribution in [0.3, 0.4) is 0 Å². The molecule has 1 saturated heterocycles. The zero-order valence-electron chi connectivity index (χ0n) is 24.8. The molecule has 6 nitrogen and oxygen atoms in total. The SMILES string of the molecule is CC#CC1CCCN1C(=C=O)c1cc(-c2nnc(C(C)Cc3ccccc3)o2)cc(-c2cccc(SCCC)c2C#N)c1. The van der Waals surface area contributed by atoms with Crippen LogP contribution in [0, 0.1) is 23.2 Å². The first-order valence-electron chi connectivity index (χ1n) is 14.7. The van der Waals surface area contributed by atoms with Crippen molar-refractivity contribution in [2.75, 3.05) is 12.3 Å². The quantitative estimate of drug-likeness (QED) is 0.107. The predicted molar refractivity (Wildman–Crippen MR) is 172 cm³/mol. The van der Waals surface area contributed by atoms with Gasteiger partial charge in [0.2, 0.25) is 11.8 Å². The van der Waals surface area contributed by atoms with Gasteiger partial charge in [0.1, 0.15) is 11.8 Å². The first kappa shape index (κ1) is 29.9. The van der Waals surface area contributed by atoms with Crippen LogP contribution in [0.2, 0.25) is 0 Å². The van der Waals surface area contributed by atoms with Crippen molar-refractivity contribution in [3.63, 3.8) is 0 Å². The third-order valence-electron chi connectivity index (χ3n) is 7.56. The Labute approximate surface area is 257 Å². The molecule has 1 fully saturated rings. The molecule has 2 heterocycles. The zero-order valence-corrected chi connectivity index (χ0v) is 25.6. The molecule has 4 aromatic rings. The van der Waals surface area contributed by atoms with Gasteiger partial charge in [0, 0.05) is 34.0 Å². The largest absolute Gasteiger partial charge is 0.420 e. The Morgan fingerprint density at radius 3 is 2.67 bits per heavy atom. The fourth-order valence-electron chi connectivity index (χ4n) is 5.50. The van der Waals surface area contributed by atoms with Gasteiger partial charge in [0.25, 0.3) is 0 Å². The van der Waals surface area contributed by atoms with Gasteiger partial charge in [-0.05, 0) is 73.8 Å². The van der Waals surface area contributed by atoms with E-state index in [0.29, 0.717) is 34.2 Å². The van der Waals surface area contributed by atoms with E-state index in [1.807, 2.05) is 66.4 Å². The van der Waals surface area contributed by atoms with Gasteiger partial charge >= 0.3 is 0 Å². The van der Waals surface area contributed by atoms with Gasteiger partial charge in [-0.15, -0.1) is 27.9 Å². The molecule has 0 saturated carbocycles. The van der Waals surface area contributed by atoms with E-state index in [9.17, 15) is 10.1 Å². The maximum absolute atomic E-state index is 12.5. The van der Waals surface area contributed by atoms with Crippen molar-refractivity contribution < 1.29 is 9.21 Å². The Morgan fingerprint density at radius 1 is 1.12 bits per heavy atom. The minimum absolute atomic E-state index is 0.0205. The van der Waals surface area contributed by atoms with Crippen molar-refractivity contribution >= 4 is 23.4 Å². The molecule has 0 radical (unpaired) electrons. The van der Waals surface area contributed by atoms with Gasteiger partial charge in [0.15, 0.2) is 5.94 Å². The minimum Gasteiger partial charge on any atom is -0.420 e. The number of thioether (sulfide) groups is 1. The monoisotopic (exact) mass is 586 g/mol. The van der Waals surface area contributed by atoms with Crippen LogP contribution in [0.5, 0.6) is 0 Å². The van der Waals surface area contributed by atoms with Gasteiger partial charge in [-0.3, -0.25) is 0 Å². The molecular weight excluding hydrogens is 552 g/mol. The lowest BCUT2D eigenvalue weighted by molar-refractivity contribution is 0.433. The molecule has 0 bridgehead atoms. The van der Waals surface area contributed by atoms with Gasteiger partial charge in [0.05, 0.1) is 11.6 Å². The molecule has 2 unspecified atom stereocenters. The van der Waals surface area contributed by atoms with E-state index in [2.05, 4.69) is 60.0 Å². The van der Waals surface area contributed by atoms with Crippen LogP contribution in [0.15, 0.2) is 76.0 Å². The molecule has 3 aromatic carbocycles. The maximum Gasteiger partial charge on any atom is 0.247 e. The second-order valence-corrected chi connectivity index (χ2v) is 11.8. The van der Waals surface area contributed by atoms with Crippen molar-refractivity contribution in [1.82, 2.24) is 15.1 Å². The summed E-state index contributed by atoms with van der Waals surface area (Å²) < 4.78 is 6.25. The standard InChI is InChI=1S/C36H34N4O2S/c1-4-11-30-14-10-17-40(30)33(24-41)28-20-27(31-15-9-16-34(32(31)23-37)43-18-5-2)21-29(22-28)36-39-38-35(42-36)25(3)19-26-12-7-6-8-13-26/h6-9,12-13,15-16,20-22,25,30H,5,10,14,17-19H2,1-3H3. The second-order valence-electron chi connectivity index (χ2n) is 10.7. The summed E-state index contributed by atoms with van der Waals surface area (Å²) in [4.78, 5) is 15.5. The number of aromatic nitrogens is 2. The molecule has 1 aromatic heterocycles. The number of likely N-dealkylation sites (tertiary alicyclic amines) is 1. The molecule has 43 heavy (non-hydrogen) atoms. The van der Waals surface area contributed by atoms with Crippen LogP contribution in [-0.4, -0.2) is 39.4 Å². The first-order chi connectivity index (χ1) is 21.1. The Hall–Kier alpha value is -4.55. The normalized spacial score (nSPS) is 14.8. The van der Waals surface area contributed by atoms with Crippen LogP contribution in [0.25, 0.3) is 28.3 Å². The van der Waals surface area contributed by atoms with Crippen molar-refractivity contribution in [2.24, 2.45) is 0 Å². The lowest BCUT2D eigenvalue weighted by atomic mass is 9.95. The van der Waals surface area contributed by atoms with E-state index >= 15 is 0 Å². The Balaban J connectivity index is 1.60. The summed E-state index contributed by atoms with van der Waals surface area (Å²) in [5.74, 6) is 10.3. The highest BCUT2D eigenvalue weighted by Gasteiger charge is 2.28. The van der Waals surface area contributed by atoms with E-state index in [0.717, 1.165) is 54.0 Å². The maximum atomic E-state index is 12.5. The highest BCUT2D eigenvalue weighted by atomic mass is 32.2. The molecule has 0 aliphatic carbocycles. The number of hydrogen-bond acceptors (Lipinski definition) is 7. The van der Waals surface area contributed by atoms with E-state index < -0.39 is 0 Å². The second kappa shape index (κ2) is 14.1. The van der Waals surface area contributed by atoms with E-state index in [4.69, 9.17) is 4.42 Å². The van der Waals surface area contributed by atoms with E-state index in [1.54, 1.807) is 11.8 Å². The van der Waals surface area contributed by atoms with Crippen LogP contribution in [0.1, 0.15) is 68.5 Å². The lowest BCUT2D eigenvalue weighted by Gasteiger charge is -2.24. The zero-order chi connectivity index (χ0) is 30.2. The van der Waals surface area contributed by atoms with Crippen LogP contribution < -0.4 is 0 Å². The molecule has 1 aliphatic rings. The molecule has 5 rings (SSSR count). The summed E-state index contributed by atoms with van der Waals surface area (Å²) >= 11 is 1.67. The van der Waals surface area contributed by atoms with Gasteiger partial charge in [-0.1, -0.05) is 62.2 Å². The predicted octanol–water partition coefficient (Wildman–Crippen LogP) is 7.78. The summed E-state index contributed by atoms with van der Waals surface area (Å²) in [6.07, 6.45) is 3.61.